The molecule has 0 saturated heterocycles. The number of amides is 1. The zero-order valence-electron chi connectivity index (χ0n) is 14.8. The van der Waals surface area contributed by atoms with Crippen molar-refractivity contribution < 1.29 is 27.8 Å². The van der Waals surface area contributed by atoms with E-state index in [1.54, 1.807) is 0 Å². The summed E-state index contributed by atoms with van der Waals surface area (Å²) < 4.78 is 42.1. The van der Waals surface area contributed by atoms with Crippen molar-refractivity contribution in [2.45, 2.75) is 25.2 Å². The lowest BCUT2D eigenvalue weighted by atomic mass is 10.1. The summed E-state index contributed by atoms with van der Waals surface area (Å²) in [6, 6.07) is 10.9. The van der Waals surface area contributed by atoms with Gasteiger partial charge in [-0.3, -0.25) is 0 Å². The van der Waals surface area contributed by atoms with E-state index in [0.717, 1.165) is 16.7 Å². The predicted octanol–water partition coefficient (Wildman–Crippen LogP) is 3.57. The van der Waals surface area contributed by atoms with Crippen LogP contribution < -0.4 is 10.1 Å². The minimum Gasteiger partial charge on any atom is -0.465 e. The Labute approximate surface area is 162 Å². The van der Waals surface area contributed by atoms with E-state index in [1.807, 2.05) is 18.2 Å². The van der Waals surface area contributed by atoms with Gasteiger partial charge in [-0.25, -0.2) is 14.5 Å². The summed E-state index contributed by atoms with van der Waals surface area (Å²) in [6.07, 6.45) is -3.09. The van der Waals surface area contributed by atoms with Crippen LogP contribution in [-0.2, 0) is 12.8 Å². The molecule has 3 aromatic rings. The molecule has 0 bridgehead atoms. The Morgan fingerprint density at radius 2 is 1.86 bits per heavy atom. The molecule has 150 valence electrons. The summed E-state index contributed by atoms with van der Waals surface area (Å²) in [4.78, 5) is 15.1. The fraction of sp³-hybridized carbons (Fsp3) is 0.211. The van der Waals surface area contributed by atoms with E-state index in [2.05, 4.69) is 20.1 Å². The second kappa shape index (κ2) is 7.12. The molecule has 4 rings (SSSR count). The Balaban J connectivity index is 1.51. The molecule has 1 aliphatic rings. The number of halogens is 3. The number of alkyl halides is 3. The molecule has 0 radical (unpaired) electrons. The maximum atomic E-state index is 12.3. The van der Waals surface area contributed by atoms with Gasteiger partial charge in [0, 0.05) is 11.6 Å². The number of carboxylic acid groups (broad SMARTS) is 1. The first-order valence-electron chi connectivity index (χ1n) is 8.66. The van der Waals surface area contributed by atoms with Crippen molar-refractivity contribution in [3.63, 3.8) is 0 Å². The normalized spacial score (nSPS) is 15.8. The van der Waals surface area contributed by atoms with Crippen molar-refractivity contribution in [1.82, 2.24) is 20.1 Å². The third-order valence-corrected chi connectivity index (χ3v) is 4.55. The average molecular weight is 404 g/mol. The van der Waals surface area contributed by atoms with Crippen molar-refractivity contribution >= 4 is 6.09 Å². The van der Waals surface area contributed by atoms with Crippen molar-refractivity contribution in [1.29, 1.82) is 0 Å². The van der Waals surface area contributed by atoms with Crippen LogP contribution in [0.1, 0.15) is 11.1 Å². The standard InChI is InChI=1S/C19H15F3N4O3/c20-19(21,22)29-16-5-3-15(4-6-16)26-10-23-17(25-26)12-2-1-11-8-14(24-18(27)28)9-13(11)7-12/h1-7,10,14,24H,8-9H2,(H,27,28). The number of hydrogen-bond donors (Lipinski definition) is 2. The zero-order chi connectivity index (χ0) is 20.6. The topological polar surface area (TPSA) is 89.3 Å². The van der Waals surface area contributed by atoms with Gasteiger partial charge in [-0.05, 0) is 54.3 Å². The van der Waals surface area contributed by atoms with E-state index in [9.17, 15) is 18.0 Å². The van der Waals surface area contributed by atoms with Gasteiger partial charge < -0.3 is 15.2 Å². The number of nitrogens with one attached hydrogen (secondary N) is 1. The molecule has 0 aliphatic heterocycles. The third-order valence-electron chi connectivity index (χ3n) is 4.55. The molecule has 0 fully saturated rings. The van der Waals surface area contributed by atoms with Crippen LogP contribution in [0, 0.1) is 0 Å². The average Bonchev–Trinajstić information content (AvgIpc) is 3.26. The van der Waals surface area contributed by atoms with Gasteiger partial charge in [0.15, 0.2) is 5.82 Å². The molecule has 0 saturated carbocycles. The fourth-order valence-corrected chi connectivity index (χ4v) is 3.35. The molecule has 10 heteroatoms. The van der Waals surface area contributed by atoms with Crippen LogP contribution >= 0.6 is 0 Å². The van der Waals surface area contributed by atoms with E-state index in [-0.39, 0.29) is 11.8 Å². The van der Waals surface area contributed by atoms with E-state index in [1.165, 1.54) is 35.3 Å². The summed E-state index contributed by atoms with van der Waals surface area (Å²) in [5, 5.41) is 15.7. The maximum absolute atomic E-state index is 12.3. The zero-order valence-corrected chi connectivity index (χ0v) is 14.8. The van der Waals surface area contributed by atoms with Crippen molar-refractivity contribution in [3.8, 4) is 22.8 Å². The molecule has 29 heavy (non-hydrogen) atoms. The van der Waals surface area contributed by atoms with Gasteiger partial charge in [-0.15, -0.1) is 18.3 Å². The van der Waals surface area contributed by atoms with Gasteiger partial charge in [0.05, 0.1) is 5.69 Å². The van der Waals surface area contributed by atoms with Gasteiger partial charge in [0.25, 0.3) is 0 Å². The van der Waals surface area contributed by atoms with Crippen molar-refractivity contribution in [3.05, 3.63) is 59.9 Å². The minimum atomic E-state index is -4.74. The smallest absolute Gasteiger partial charge is 0.465 e. The number of carbonyl (C=O) groups is 1. The lowest BCUT2D eigenvalue weighted by Crippen LogP contribution is -2.33. The van der Waals surface area contributed by atoms with E-state index >= 15 is 0 Å². The molecule has 1 heterocycles. The highest BCUT2D eigenvalue weighted by molar-refractivity contribution is 5.65. The van der Waals surface area contributed by atoms with Crippen molar-refractivity contribution in [2.75, 3.05) is 0 Å². The number of rotatable bonds is 4. The summed E-state index contributed by atoms with van der Waals surface area (Å²) >= 11 is 0. The van der Waals surface area contributed by atoms with Crippen LogP contribution in [0.5, 0.6) is 5.75 Å². The molecule has 1 unspecified atom stereocenters. The SMILES string of the molecule is O=C(O)NC1Cc2ccc(-c3ncn(-c4ccc(OC(F)(F)F)cc4)n3)cc2C1. The number of fused-ring (bicyclic) bond motifs is 1. The first-order valence-corrected chi connectivity index (χ1v) is 8.66. The lowest BCUT2D eigenvalue weighted by molar-refractivity contribution is -0.274. The summed E-state index contributed by atoms with van der Waals surface area (Å²) in [5.41, 5.74) is 3.42. The molecule has 2 N–H and O–H groups in total. The summed E-state index contributed by atoms with van der Waals surface area (Å²) in [7, 11) is 0. The Morgan fingerprint density at radius 3 is 2.55 bits per heavy atom. The molecular formula is C19H15F3N4O3. The molecule has 1 aromatic heterocycles. The Morgan fingerprint density at radius 1 is 1.14 bits per heavy atom. The highest BCUT2D eigenvalue weighted by Crippen LogP contribution is 2.28. The number of ether oxygens (including phenoxy) is 1. The van der Waals surface area contributed by atoms with Gasteiger partial charge >= 0.3 is 12.5 Å². The monoisotopic (exact) mass is 404 g/mol. The van der Waals surface area contributed by atoms with Gasteiger partial charge in [0.2, 0.25) is 0 Å². The van der Waals surface area contributed by atoms with Crippen molar-refractivity contribution in [2.24, 2.45) is 0 Å². The fourth-order valence-electron chi connectivity index (χ4n) is 3.35. The van der Waals surface area contributed by atoms with Crippen LogP contribution in [0.15, 0.2) is 48.8 Å². The first-order chi connectivity index (χ1) is 13.8. The number of aromatic nitrogens is 3. The molecule has 7 nitrogen and oxygen atoms in total. The largest absolute Gasteiger partial charge is 0.573 e. The molecule has 0 spiro atoms. The predicted molar refractivity (Wildman–Crippen MR) is 95.8 cm³/mol. The molecule has 1 amide bonds. The maximum Gasteiger partial charge on any atom is 0.573 e. The number of hydrogen-bond acceptors (Lipinski definition) is 4. The quantitative estimate of drug-likeness (QED) is 0.694. The third kappa shape index (κ3) is 4.31. The number of nitrogens with zero attached hydrogens (tertiary/aromatic N) is 3. The Hall–Kier alpha value is -3.56. The lowest BCUT2D eigenvalue weighted by Gasteiger charge is -2.09. The van der Waals surface area contributed by atoms with Crippen LogP contribution in [0.3, 0.4) is 0 Å². The summed E-state index contributed by atoms with van der Waals surface area (Å²) in [5.74, 6) is 0.141. The highest BCUT2D eigenvalue weighted by Gasteiger charge is 2.31. The molecular weight excluding hydrogens is 389 g/mol. The summed E-state index contributed by atoms with van der Waals surface area (Å²) in [6.45, 7) is 0. The van der Waals surface area contributed by atoms with Gasteiger partial charge in [-0.1, -0.05) is 12.1 Å². The molecule has 2 aromatic carbocycles. The van der Waals surface area contributed by atoms with E-state index in [4.69, 9.17) is 5.11 Å². The van der Waals surface area contributed by atoms with Gasteiger partial charge in [0.1, 0.15) is 12.1 Å². The minimum absolute atomic E-state index is 0.152. The second-order valence-electron chi connectivity index (χ2n) is 6.59. The Bertz CT molecular complexity index is 1050. The van der Waals surface area contributed by atoms with E-state index < -0.39 is 12.5 Å². The van der Waals surface area contributed by atoms with E-state index in [0.29, 0.717) is 24.4 Å². The Kier molecular flexibility index (Phi) is 4.61. The van der Waals surface area contributed by atoms with Crippen LogP contribution in [0.2, 0.25) is 0 Å². The number of benzene rings is 2. The highest BCUT2D eigenvalue weighted by atomic mass is 19.4. The molecule has 1 atom stereocenters. The first kappa shape index (κ1) is 18.8. The van der Waals surface area contributed by atoms with Crippen LogP contribution in [-0.4, -0.2) is 38.4 Å². The van der Waals surface area contributed by atoms with Gasteiger partial charge in [-0.2, -0.15) is 0 Å². The van der Waals surface area contributed by atoms with Crippen LogP contribution in [0.4, 0.5) is 18.0 Å². The van der Waals surface area contributed by atoms with Crippen LogP contribution in [0.25, 0.3) is 17.1 Å². The second-order valence-corrected chi connectivity index (χ2v) is 6.59. The molecule has 1 aliphatic carbocycles.